The van der Waals surface area contributed by atoms with E-state index in [-0.39, 0.29) is 13.0 Å². The zero-order chi connectivity index (χ0) is 7.11. The molecule has 1 amide bonds. The first-order chi connectivity index (χ1) is 4.31. The molecular formula is C4H8NO4. The van der Waals surface area contributed by atoms with Gasteiger partial charge in [0.05, 0.1) is 6.61 Å². The molecule has 1 unspecified atom stereocenters. The van der Waals surface area contributed by atoms with E-state index in [4.69, 9.17) is 10.2 Å². The van der Waals surface area contributed by atoms with Crippen LogP contribution in [0.3, 0.4) is 0 Å². The maximum atomic E-state index is 9.44. The minimum Gasteiger partial charge on any atom is -0.394 e. The summed E-state index contributed by atoms with van der Waals surface area (Å²) < 4.78 is 0. The van der Waals surface area contributed by atoms with E-state index in [1.807, 2.05) is 0 Å². The number of carbonyl (C=O) groups is 1. The predicted octanol–water partition coefficient (Wildman–Crippen LogP) is -1.97. The third-order valence-electron chi connectivity index (χ3n) is 0.595. The Bertz CT molecular complexity index is 77.0. The molecule has 0 aliphatic rings. The van der Waals surface area contributed by atoms with Crippen molar-refractivity contribution < 1.29 is 19.8 Å². The van der Waals surface area contributed by atoms with Gasteiger partial charge in [-0.3, -0.25) is 4.79 Å². The highest BCUT2D eigenvalue weighted by Gasteiger charge is 2.00. The molecule has 0 aliphatic carbocycles. The van der Waals surface area contributed by atoms with Gasteiger partial charge in [0.15, 0.2) is 0 Å². The summed E-state index contributed by atoms with van der Waals surface area (Å²) in [6.07, 6.45) is -0.752. The van der Waals surface area contributed by atoms with E-state index in [0.717, 1.165) is 0 Å². The highest BCUT2D eigenvalue weighted by Crippen LogP contribution is 1.79. The van der Waals surface area contributed by atoms with Gasteiger partial charge >= 0.3 is 0 Å². The fourth-order valence-corrected chi connectivity index (χ4v) is 0.212. The van der Waals surface area contributed by atoms with Crippen molar-refractivity contribution in [3.8, 4) is 0 Å². The Balaban J connectivity index is 2.96. The zero-order valence-electron chi connectivity index (χ0n) is 4.73. The molecule has 0 spiro atoms. The van der Waals surface area contributed by atoms with Gasteiger partial charge in [0.2, 0.25) is 0 Å². The summed E-state index contributed by atoms with van der Waals surface area (Å²) in [6.45, 7) is -0.552. The van der Waals surface area contributed by atoms with E-state index in [1.165, 1.54) is 0 Å². The Hall–Kier alpha value is -0.650. The Labute approximate surface area is 52.2 Å². The fraction of sp³-hybridized carbons (Fsp3) is 0.750. The van der Waals surface area contributed by atoms with E-state index in [2.05, 4.69) is 10.3 Å². The molecule has 0 saturated carbocycles. The first-order valence-corrected chi connectivity index (χ1v) is 2.36. The number of aliphatic hydroxyl groups excluding tert-OH is 2. The topological polar surface area (TPSA) is 80.9 Å². The number of hydrogen-bond donors (Lipinski definition) is 2. The van der Waals surface area contributed by atoms with Crippen molar-refractivity contribution in [2.45, 2.75) is 6.10 Å². The smallest absolute Gasteiger partial charge is 0.257 e. The summed E-state index contributed by atoms with van der Waals surface area (Å²) in [5, 5.41) is 16.7. The van der Waals surface area contributed by atoms with Gasteiger partial charge in [0, 0.05) is 0 Å². The van der Waals surface area contributed by atoms with E-state index in [0.29, 0.717) is 0 Å². The molecule has 0 saturated heterocycles. The van der Waals surface area contributed by atoms with Crippen molar-refractivity contribution in [3.63, 3.8) is 0 Å². The number of hydrogen-bond acceptors (Lipinski definition) is 4. The van der Waals surface area contributed by atoms with E-state index >= 15 is 0 Å². The van der Waals surface area contributed by atoms with Gasteiger partial charge in [-0.25, -0.2) is 4.84 Å². The highest BCUT2D eigenvalue weighted by molar-refractivity contribution is 5.43. The third kappa shape index (κ3) is 5.22. The zero-order valence-corrected chi connectivity index (χ0v) is 4.73. The van der Waals surface area contributed by atoms with Crippen LogP contribution in [0.1, 0.15) is 0 Å². The van der Waals surface area contributed by atoms with Crippen LogP contribution in [0.4, 0.5) is 0 Å². The molecule has 5 nitrogen and oxygen atoms in total. The van der Waals surface area contributed by atoms with Crippen molar-refractivity contribution in [1.82, 2.24) is 5.48 Å². The second-order valence-electron chi connectivity index (χ2n) is 1.34. The highest BCUT2D eigenvalue weighted by atomic mass is 16.7. The molecule has 0 aromatic carbocycles. The molecule has 0 aromatic heterocycles. The SMILES string of the molecule is O=C[N]OCC(O)CO. The van der Waals surface area contributed by atoms with Gasteiger partial charge in [-0.15, -0.1) is 0 Å². The summed E-state index contributed by atoms with van der Waals surface area (Å²) in [4.78, 5) is 13.6. The number of rotatable bonds is 5. The standard InChI is InChI=1S/C4H8NO4/c6-1-4(8)2-9-5-3-7/h3-4,6,8H,1-2H2. The van der Waals surface area contributed by atoms with Crippen LogP contribution in [0.25, 0.3) is 0 Å². The van der Waals surface area contributed by atoms with Gasteiger partial charge in [0.25, 0.3) is 6.41 Å². The lowest BCUT2D eigenvalue weighted by Crippen LogP contribution is -2.21. The molecule has 5 heteroatoms. The Kier molecular flexibility index (Phi) is 5.09. The lowest BCUT2D eigenvalue weighted by atomic mass is 10.4. The van der Waals surface area contributed by atoms with Crippen LogP contribution in [-0.2, 0) is 9.63 Å². The van der Waals surface area contributed by atoms with E-state index in [9.17, 15) is 4.79 Å². The number of amides is 1. The molecule has 0 aliphatic heterocycles. The van der Waals surface area contributed by atoms with Crippen molar-refractivity contribution in [1.29, 1.82) is 0 Å². The van der Waals surface area contributed by atoms with Gasteiger partial charge in [-0.05, 0) is 0 Å². The van der Waals surface area contributed by atoms with E-state index in [1.54, 1.807) is 0 Å². The van der Waals surface area contributed by atoms with Crippen molar-refractivity contribution in [2.24, 2.45) is 0 Å². The Morgan fingerprint density at radius 3 is 2.89 bits per heavy atom. The molecule has 1 atom stereocenters. The minimum absolute atomic E-state index is 0.157. The van der Waals surface area contributed by atoms with Gasteiger partial charge in [0.1, 0.15) is 12.7 Å². The largest absolute Gasteiger partial charge is 0.394 e. The van der Waals surface area contributed by atoms with Gasteiger partial charge < -0.3 is 10.2 Å². The van der Waals surface area contributed by atoms with Crippen LogP contribution in [0.15, 0.2) is 0 Å². The predicted molar refractivity (Wildman–Crippen MR) is 27.2 cm³/mol. The second-order valence-corrected chi connectivity index (χ2v) is 1.34. The Morgan fingerprint density at radius 2 is 2.44 bits per heavy atom. The maximum Gasteiger partial charge on any atom is 0.257 e. The molecule has 0 aromatic rings. The quantitative estimate of drug-likeness (QED) is 0.259. The maximum absolute atomic E-state index is 9.44. The molecule has 0 bridgehead atoms. The van der Waals surface area contributed by atoms with Crippen molar-refractivity contribution in [3.05, 3.63) is 0 Å². The summed E-state index contributed by atoms with van der Waals surface area (Å²) in [5.74, 6) is 0. The molecule has 1 radical (unpaired) electrons. The molecular weight excluding hydrogens is 126 g/mol. The molecule has 0 heterocycles. The monoisotopic (exact) mass is 134 g/mol. The summed E-state index contributed by atoms with van der Waals surface area (Å²) >= 11 is 0. The molecule has 0 rings (SSSR count). The fourth-order valence-electron chi connectivity index (χ4n) is 0.212. The average Bonchev–Trinajstić information content (AvgIpc) is 1.89. The van der Waals surface area contributed by atoms with E-state index < -0.39 is 12.7 Å². The number of carbonyl (C=O) groups excluding carboxylic acids is 1. The van der Waals surface area contributed by atoms with Gasteiger partial charge in [-0.2, -0.15) is 0 Å². The summed E-state index contributed by atoms with van der Waals surface area (Å²) in [6, 6.07) is 0. The van der Waals surface area contributed by atoms with Crippen LogP contribution in [0.2, 0.25) is 0 Å². The number of nitrogens with zero attached hydrogens (tertiary/aromatic N) is 1. The summed E-state index contributed by atoms with van der Waals surface area (Å²) in [7, 11) is 0. The minimum atomic E-state index is -0.964. The molecule has 9 heavy (non-hydrogen) atoms. The summed E-state index contributed by atoms with van der Waals surface area (Å²) in [5.41, 5.74) is 2.81. The van der Waals surface area contributed by atoms with Crippen molar-refractivity contribution in [2.75, 3.05) is 13.2 Å². The van der Waals surface area contributed by atoms with Crippen molar-refractivity contribution >= 4 is 6.41 Å². The molecule has 2 N–H and O–H groups in total. The first-order valence-electron chi connectivity index (χ1n) is 2.36. The first kappa shape index (κ1) is 8.35. The van der Waals surface area contributed by atoms with Crippen LogP contribution >= 0.6 is 0 Å². The van der Waals surface area contributed by atoms with Crippen LogP contribution < -0.4 is 5.48 Å². The molecule has 0 fully saturated rings. The average molecular weight is 134 g/mol. The van der Waals surface area contributed by atoms with Crippen LogP contribution in [0.5, 0.6) is 0 Å². The van der Waals surface area contributed by atoms with Gasteiger partial charge in [-0.1, -0.05) is 5.48 Å². The lowest BCUT2D eigenvalue weighted by Gasteiger charge is -2.02. The Morgan fingerprint density at radius 1 is 1.78 bits per heavy atom. The normalized spacial score (nSPS) is 12.7. The lowest BCUT2D eigenvalue weighted by molar-refractivity contribution is -0.125. The molecule has 53 valence electrons. The number of aliphatic hydroxyl groups is 2. The third-order valence-corrected chi connectivity index (χ3v) is 0.595. The second kappa shape index (κ2) is 5.49. The van der Waals surface area contributed by atoms with Crippen LogP contribution in [-0.4, -0.2) is 35.9 Å². The number of hydroxylamine groups is 1. The van der Waals surface area contributed by atoms with Crippen LogP contribution in [0, 0.1) is 0 Å².